The van der Waals surface area contributed by atoms with Gasteiger partial charge in [-0.1, -0.05) is 35.0 Å². The van der Waals surface area contributed by atoms with Crippen LogP contribution in [0.4, 0.5) is 11.6 Å². The van der Waals surface area contributed by atoms with Crippen LogP contribution >= 0.6 is 15.9 Å². The number of nitrogens with zero attached hydrogens (tertiary/aromatic N) is 3. The fraction of sp³-hybridized carbons (Fsp3) is 0.375. The molecule has 1 aromatic carbocycles. The molecule has 0 amide bonds. The molecule has 0 atom stereocenters. The van der Waals surface area contributed by atoms with Crippen LogP contribution < -0.4 is 10.2 Å². The minimum absolute atomic E-state index is 0.786. The molecule has 1 heterocycles. The number of hydrogen-bond acceptors (Lipinski definition) is 4. The van der Waals surface area contributed by atoms with Crippen molar-refractivity contribution in [1.82, 2.24) is 9.97 Å². The normalized spacial score (nSPS) is 10.5. The largest absolute Gasteiger partial charge is 0.370 e. The number of rotatable bonds is 6. The monoisotopic (exact) mass is 348 g/mol. The van der Waals surface area contributed by atoms with E-state index in [-0.39, 0.29) is 0 Å². The Balaban J connectivity index is 2.12. The summed E-state index contributed by atoms with van der Waals surface area (Å²) in [7, 11) is 2.05. The Morgan fingerprint density at radius 2 is 1.90 bits per heavy atom. The zero-order valence-corrected chi connectivity index (χ0v) is 14.3. The molecule has 0 saturated carbocycles. The van der Waals surface area contributed by atoms with Crippen molar-refractivity contribution in [2.24, 2.45) is 0 Å². The van der Waals surface area contributed by atoms with E-state index in [0.29, 0.717) is 0 Å². The summed E-state index contributed by atoms with van der Waals surface area (Å²) in [6.45, 7) is 5.80. The standard InChI is InChI=1S/C16H21BrN4/c1-4-9-18-15-10-16(20-12(2)19-15)21(3)11-13-5-7-14(17)8-6-13/h5-8,10H,4,9,11H2,1-3H3,(H,18,19,20). The van der Waals surface area contributed by atoms with Crippen LogP contribution in [0.15, 0.2) is 34.8 Å². The lowest BCUT2D eigenvalue weighted by Gasteiger charge is -2.19. The van der Waals surface area contributed by atoms with E-state index in [0.717, 1.165) is 41.4 Å². The van der Waals surface area contributed by atoms with Crippen LogP contribution in [-0.2, 0) is 6.54 Å². The van der Waals surface area contributed by atoms with E-state index in [4.69, 9.17) is 0 Å². The minimum atomic E-state index is 0.786. The molecule has 1 N–H and O–H groups in total. The summed E-state index contributed by atoms with van der Waals surface area (Å²) in [5.74, 6) is 2.61. The highest BCUT2D eigenvalue weighted by Crippen LogP contribution is 2.18. The first kappa shape index (κ1) is 15.8. The van der Waals surface area contributed by atoms with Crippen molar-refractivity contribution < 1.29 is 0 Å². The Labute approximate surface area is 134 Å². The zero-order valence-electron chi connectivity index (χ0n) is 12.7. The molecule has 4 nitrogen and oxygen atoms in total. The van der Waals surface area contributed by atoms with Crippen molar-refractivity contribution in [3.8, 4) is 0 Å². The first-order valence-corrected chi connectivity index (χ1v) is 7.93. The maximum atomic E-state index is 4.52. The summed E-state index contributed by atoms with van der Waals surface area (Å²) in [5.41, 5.74) is 1.25. The summed E-state index contributed by atoms with van der Waals surface area (Å²) >= 11 is 3.46. The first-order valence-electron chi connectivity index (χ1n) is 7.13. The van der Waals surface area contributed by atoms with Crippen LogP contribution in [0.1, 0.15) is 24.7 Å². The fourth-order valence-electron chi connectivity index (χ4n) is 2.04. The van der Waals surface area contributed by atoms with E-state index < -0.39 is 0 Å². The maximum absolute atomic E-state index is 4.52. The Kier molecular flexibility index (Phi) is 5.56. The van der Waals surface area contributed by atoms with Gasteiger partial charge in [-0.2, -0.15) is 0 Å². The molecule has 0 aliphatic heterocycles. The molecule has 1 aromatic heterocycles. The van der Waals surface area contributed by atoms with Gasteiger partial charge < -0.3 is 10.2 Å². The molecule has 0 aliphatic rings. The average molecular weight is 349 g/mol. The van der Waals surface area contributed by atoms with E-state index >= 15 is 0 Å². The minimum Gasteiger partial charge on any atom is -0.370 e. The first-order chi connectivity index (χ1) is 10.1. The van der Waals surface area contributed by atoms with Crippen LogP contribution in [-0.4, -0.2) is 23.6 Å². The van der Waals surface area contributed by atoms with Gasteiger partial charge in [0.25, 0.3) is 0 Å². The highest BCUT2D eigenvalue weighted by Gasteiger charge is 2.07. The van der Waals surface area contributed by atoms with E-state index in [2.05, 4.69) is 67.3 Å². The molecule has 0 unspecified atom stereocenters. The Hall–Kier alpha value is -1.62. The Morgan fingerprint density at radius 3 is 2.57 bits per heavy atom. The van der Waals surface area contributed by atoms with E-state index in [1.165, 1.54) is 5.56 Å². The van der Waals surface area contributed by atoms with Crippen molar-refractivity contribution in [3.63, 3.8) is 0 Å². The average Bonchev–Trinajstić information content (AvgIpc) is 2.47. The van der Waals surface area contributed by atoms with Crippen LogP contribution in [0.3, 0.4) is 0 Å². The van der Waals surface area contributed by atoms with Gasteiger partial charge in [0.05, 0.1) is 0 Å². The molecule has 5 heteroatoms. The summed E-state index contributed by atoms with van der Waals surface area (Å²) in [6.07, 6.45) is 1.08. The van der Waals surface area contributed by atoms with Gasteiger partial charge >= 0.3 is 0 Å². The van der Waals surface area contributed by atoms with Crippen LogP contribution in [0.5, 0.6) is 0 Å². The molecule has 21 heavy (non-hydrogen) atoms. The molecular formula is C16H21BrN4. The third kappa shape index (κ3) is 4.70. The second-order valence-electron chi connectivity index (χ2n) is 5.07. The van der Waals surface area contributed by atoms with Gasteiger partial charge in [0.1, 0.15) is 17.5 Å². The van der Waals surface area contributed by atoms with E-state index in [1.807, 2.05) is 20.0 Å². The number of aryl methyl sites for hydroxylation is 1. The van der Waals surface area contributed by atoms with Gasteiger partial charge in [-0.15, -0.1) is 0 Å². The van der Waals surface area contributed by atoms with Gasteiger partial charge in [-0.05, 0) is 31.0 Å². The molecule has 0 bridgehead atoms. The number of hydrogen-bond donors (Lipinski definition) is 1. The van der Waals surface area contributed by atoms with E-state index in [9.17, 15) is 0 Å². The van der Waals surface area contributed by atoms with Crippen LogP contribution in [0.2, 0.25) is 0 Å². The number of aromatic nitrogens is 2. The number of nitrogens with one attached hydrogen (secondary N) is 1. The molecule has 0 saturated heterocycles. The molecule has 0 radical (unpaired) electrons. The molecule has 112 valence electrons. The Bertz CT molecular complexity index is 583. The van der Waals surface area contributed by atoms with Crippen molar-refractivity contribution in [1.29, 1.82) is 0 Å². The number of halogens is 1. The Morgan fingerprint density at radius 1 is 1.19 bits per heavy atom. The third-order valence-corrected chi connectivity index (χ3v) is 3.63. The number of benzene rings is 1. The summed E-state index contributed by atoms with van der Waals surface area (Å²) < 4.78 is 1.10. The third-order valence-electron chi connectivity index (χ3n) is 3.10. The molecule has 0 spiro atoms. The predicted octanol–water partition coefficient (Wildman–Crippen LogP) is 4.01. The van der Waals surface area contributed by atoms with Gasteiger partial charge in [0.15, 0.2) is 0 Å². The maximum Gasteiger partial charge on any atom is 0.134 e. The molecule has 0 aliphatic carbocycles. The quantitative estimate of drug-likeness (QED) is 0.856. The smallest absolute Gasteiger partial charge is 0.134 e. The SMILES string of the molecule is CCCNc1cc(N(C)Cc2ccc(Br)cc2)nc(C)n1. The molecular weight excluding hydrogens is 328 g/mol. The van der Waals surface area contributed by atoms with E-state index in [1.54, 1.807) is 0 Å². The van der Waals surface area contributed by atoms with Gasteiger partial charge in [0.2, 0.25) is 0 Å². The lowest BCUT2D eigenvalue weighted by molar-refractivity contribution is 0.875. The van der Waals surface area contributed by atoms with Crippen molar-refractivity contribution in [3.05, 3.63) is 46.2 Å². The van der Waals surface area contributed by atoms with Crippen LogP contribution in [0.25, 0.3) is 0 Å². The summed E-state index contributed by atoms with van der Waals surface area (Å²) in [6, 6.07) is 10.3. The zero-order chi connectivity index (χ0) is 15.2. The predicted molar refractivity (Wildman–Crippen MR) is 91.8 cm³/mol. The lowest BCUT2D eigenvalue weighted by Crippen LogP contribution is -2.19. The van der Waals surface area contributed by atoms with Crippen molar-refractivity contribution in [2.45, 2.75) is 26.8 Å². The summed E-state index contributed by atoms with van der Waals surface area (Å²) in [4.78, 5) is 11.1. The highest BCUT2D eigenvalue weighted by atomic mass is 79.9. The second kappa shape index (κ2) is 7.41. The number of anilines is 2. The summed E-state index contributed by atoms with van der Waals surface area (Å²) in [5, 5.41) is 3.32. The molecule has 2 aromatic rings. The topological polar surface area (TPSA) is 41.0 Å². The highest BCUT2D eigenvalue weighted by molar-refractivity contribution is 9.10. The lowest BCUT2D eigenvalue weighted by atomic mass is 10.2. The van der Waals surface area contributed by atoms with Crippen molar-refractivity contribution in [2.75, 3.05) is 23.8 Å². The molecule has 0 fully saturated rings. The fourth-order valence-corrected chi connectivity index (χ4v) is 2.30. The van der Waals surface area contributed by atoms with Crippen molar-refractivity contribution >= 4 is 27.6 Å². The second-order valence-corrected chi connectivity index (χ2v) is 5.98. The van der Waals surface area contributed by atoms with Crippen LogP contribution in [0, 0.1) is 6.92 Å². The van der Waals surface area contributed by atoms with Gasteiger partial charge in [-0.3, -0.25) is 0 Å². The van der Waals surface area contributed by atoms with Gasteiger partial charge in [-0.25, -0.2) is 9.97 Å². The molecule has 2 rings (SSSR count). The van der Waals surface area contributed by atoms with Gasteiger partial charge in [0, 0.05) is 30.7 Å².